The normalized spacial score (nSPS) is 16.5. The van der Waals surface area contributed by atoms with Crippen molar-refractivity contribution < 1.29 is 33.3 Å². The lowest BCUT2D eigenvalue weighted by molar-refractivity contribution is -0.160. The molecule has 46 heavy (non-hydrogen) atoms. The smallest absolute Gasteiger partial charge is 0.337 e. The largest absolute Gasteiger partial charge is 0.490 e. The first-order valence-electron chi connectivity index (χ1n) is 14.8. The molecule has 0 fully saturated rings. The number of carboxylic acids is 1. The molecule has 2 aliphatic heterocycles. The second-order valence-electron chi connectivity index (χ2n) is 12.0. The molecular formula is C33H33ClFN5O6. The van der Waals surface area contributed by atoms with Crippen molar-refractivity contribution in [1.82, 2.24) is 19.9 Å². The molecule has 11 nitrogen and oxygen atoms in total. The number of ether oxygens (including phenoxy) is 3. The van der Waals surface area contributed by atoms with Gasteiger partial charge in [-0.25, -0.2) is 18.7 Å². The molecular weight excluding hydrogens is 617 g/mol. The number of nitrogens with one attached hydrogen (secondary N) is 1. The quantitative estimate of drug-likeness (QED) is 0.276. The molecule has 4 aromatic rings. The van der Waals surface area contributed by atoms with Crippen LogP contribution >= 0.6 is 11.6 Å². The maximum absolute atomic E-state index is 14.1. The van der Waals surface area contributed by atoms with E-state index in [0.29, 0.717) is 70.1 Å². The number of halogens is 2. The predicted molar refractivity (Wildman–Crippen MR) is 169 cm³/mol. The van der Waals surface area contributed by atoms with E-state index in [0.717, 1.165) is 0 Å². The summed E-state index contributed by atoms with van der Waals surface area (Å²) in [6, 6.07) is 9.17. The maximum Gasteiger partial charge on any atom is 0.337 e. The van der Waals surface area contributed by atoms with Crippen molar-refractivity contribution in [1.29, 1.82) is 0 Å². The average molecular weight is 650 g/mol. The number of hydrogen-bond acceptors (Lipinski definition) is 8. The molecule has 0 saturated carbocycles. The van der Waals surface area contributed by atoms with Crippen LogP contribution in [0.1, 0.15) is 54.2 Å². The zero-order chi connectivity index (χ0) is 32.7. The van der Waals surface area contributed by atoms with E-state index in [2.05, 4.69) is 15.4 Å². The molecule has 4 heterocycles. The standard InChI is InChI=1S/C33H33ClFN5O6/c1-18-26(30(32(42)43)46-33(2,3)4)28-21-9-10-23-29(27(21)34)39(12-14-45-23)11-5-6-13-44-24-15-20(35)8-7-19(24)17-36-31(41)22-16-25(37-18)40(28)38-22/h5-10,15-16,30H,11-14,17H2,1-4H3,(H,36,41)(H,42,43)/b6-5+/t30-/m0/s1. The molecule has 0 radical (unpaired) electrons. The molecule has 6 rings (SSSR count). The topological polar surface area (TPSA) is 128 Å². The van der Waals surface area contributed by atoms with E-state index >= 15 is 0 Å². The number of carboxylic acid groups (broad SMARTS) is 1. The third-order valence-corrected chi connectivity index (χ3v) is 7.97. The van der Waals surface area contributed by atoms with Gasteiger partial charge in [0.05, 0.1) is 28.5 Å². The van der Waals surface area contributed by atoms with Gasteiger partial charge in [0.2, 0.25) is 0 Å². The lowest BCUT2D eigenvalue weighted by Gasteiger charge is -2.32. The Morgan fingerprint density at radius 3 is 2.72 bits per heavy atom. The fourth-order valence-corrected chi connectivity index (χ4v) is 5.95. The van der Waals surface area contributed by atoms with Gasteiger partial charge in [-0.15, -0.1) is 0 Å². The van der Waals surface area contributed by atoms with Crippen molar-refractivity contribution in [3.8, 4) is 22.8 Å². The van der Waals surface area contributed by atoms with Crippen molar-refractivity contribution >= 4 is 34.8 Å². The van der Waals surface area contributed by atoms with Crippen LogP contribution < -0.4 is 19.7 Å². The first-order chi connectivity index (χ1) is 21.9. The van der Waals surface area contributed by atoms with Gasteiger partial charge in [-0.05, 0) is 52.0 Å². The highest BCUT2D eigenvalue weighted by Gasteiger charge is 2.35. The summed E-state index contributed by atoms with van der Waals surface area (Å²) in [5, 5.41) is 18.2. The van der Waals surface area contributed by atoms with Crippen molar-refractivity contribution in [3.05, 3.63) is 81.9 Å². The third kappa shape index (κ3) is 6.10. The number of carbonyl (C=O) groups excluding carboxylic acids is 1. The van der Waals surface area contributed by atoms with Gasteiger partial charge in [0.1, 0.15) is 30.5 Å². The number of hydrogen-bond donors (Lipinski definition) is 2. The summed E-state index contributed by atoms with van der Waals surface area (Å²) < 4.78 is 33.4. The Bertz CT molecular complexity index is 1880. The SMILES string of the molecule is Cc1nc2cc3nn2c(c1[C@H](OC(C)(C)C)C(=O)O)-c1ccc2c(c1Cl)N(C/C=C/COc1cc(F)ccc1CNC3=O)CCO2. The van der Waals surface area contributed by atoms with Crippen LogP contribution in [0.25, 0.3) is 16.9 Å². The van der Waals surface area contributed by atoms with Crippen LogP contribution in [0, 0.1) is 12.7 Å². The molecule has 0 unspecified atom stereocenters. The van der Waals surface area contributed by atoms with Gasteiger partial charge in [0.25, 0.3) is 5.91 Å². The molecule has 1 atom stereocenters. The number of anilines is 1. The van der Waals surface area contributed by atoms with Crippen LogP contribution in [-0.4, -0.2) is 63.5 Å². The van der Waals surface area contributed by atoms with E-state index in [9.17, 15) is 19.1 Å². The van der Waals surface area contributed by atoms with Crippen molar-refractivity contribution in [3.63, 3.8) is 0 Å². The molecule has 1 amide bonds. The summed E-state index contributed by atoms with van der Waals surface area (Å²) in [5.41, 5.74) is 2.09. The van der Waals surface area contributed by atoms with Crippen molar-refractivity contribution in [2.75, 3.05) is 31.2 Å². The zero-order valence-corrected chi connectivity index (χ0v) is 26.5. The number of amides is 1. The first-order valence-corrected chi connectivity index (χ1v) is 15.1. The highest BCUT2D eigenvalue weighted by atomic mass is 35.5. The fourth-order valence-electron chi connectivity index (χ4n) is 5.59. The van der Waals surface area contributed by atoms with E-state index in [1.807, 2.05) is 17.1 Å². The second-order valence-corrected chi connectivity index (χ2v) is 12.4. The number of aryl methyl sites for hydroxylation is 1. The van der Waals surface area contributed by atoms with Gasteiger partial charge in [0.15, 0.2) is 17.4 Å². The van der Waals surface area contributed by atoms with Gasteiger partial charge in [-0.2, -0.15) is 5.10 Å². The lowest BCUT2D eigenvalue weighted by Crippen LogP contribution is -2.33. The van der Waals surface area contributed by atoms with Gasteiger partial charge in [0, 0.05) is 47.6 Å². The van der Waals surface area contributed by atoms with E-state index in [4.69, 9.17) is 25.8 Å². The van der Waals surface area contributed by atoms with E-state index in [1.165, 1.54) is 22.7 Å². The number of rotatable bonds is 3. The lowest BCUT2D eigenvalue weighted by atomic mass is 9.97. The van der Waals surface area contributed by atoms with Crippen LogP contribution in [0.2, 0.25) is 5.02 Å². The van der Waals surface area contributed by atoms with E-state index < -0.39 is 29.4 Å². The number of carbonyl (C=O) groups is 2. The number of nitrogens with zero attached hydrogens (tertiary/aromatic N) is 4. The van der Waals surface area contributed by atoms with Gasteiger partial charge in [-0.1, -0.05) is 23.7 Å². The van der Waals surface area contributed by atoms with Crippen LogP contribution in [0.5, 0.6) is 11.5 Å². The minimum Gasteiger partial charge on any atom is -0.490 e. The summed E-state index contributed by atoms with van der Waals surface area (Å²) in [6.45, 7) is 8.62. The molecule has 4 bridgehead atoms. The third-order valence-electron chi connectivity index (χ3n) is 7.59. The summed E-state index contributed by atoms with van der Waals surface area (Å²) >= 11 is 7.20. The highest BCUT2D eigenvalue weighted by molar-refractivity contribution is 6.36. The van der Waals surface area contributed by atoms with Gasteiger partial charge < -0.3 is 29.5 Å². The van der Waals surface area contributed by atoms with E-state index in [1.54, 1.807) is 45.9 Å². The molecule has 2 N–H and O–H groups in total. The Kier molecular flexibility index (Phi) is 8.34. The molecule has 2 aromatic heterocycles. The monoisotopic (exact) mass is 649 g/mol. The molecule has 0 saturated heterocycles. The minimum absolute atomic E-state index is 0.0292. The van der Waals surface area contributed by atoms with E-state index in [-0.39, 0.29) is 24.4 Å². The van der Waals surface area contributed by atoms with Crippen LogP contribution in [0.3, 0.4) is 0 Å². The van der Waals surface area contributed by atoms with Gasteiger partial charge in [-0.3, -0.25) is 4.79 Å². The number of benzene rings is 2. The molecule has 240 valence electrons. The number of fused-ring (bicyclic) bond motifs is 4. The molecule has 0 aliphatic carbocycles. The van der Waals surface area contributed by atoms with Crippen LogP contribution in [0.4, 0.5) is 10.1 Å². The maximum atomic E-state index is 14.1. The second kappa shape index (κ2) is 12.3. The Morgan fingerprint density at radius 1 is 1.15 bits per heavy atom. The summed E-state index contributed by atoms with van der Waals surface area (Å²) in [7, 11) is 0. The first kappa shape index (κ1) is 31.3. The fraction of sp³-hybridized carbons (Fsp3) is 0.333. The number of aromatic nitrogens is 3. The van der Waals surface area contributed by atoms with Gasteiger partial charge >= 0.3 is 5.97 Å². The molecule has 2 aliphatic rings. The Hall–Kier alpha value is -4.68. The number of aliphatic carboxylic acids is 1. The highest BCUT2D eigenvalue weighted by Crippen LogP contribution is 2.46. The van der Waals surface area contributed by atoms with Crippen LogP contribution in [0.15, 0.2) is 48.6 Å². The molecule has 2 aromatic carbocycles. The predicted octanol–water partition coefficient (Wildman–Crippen LogP) is 5.52. The summed E-state index contributed by atoms with van der Waals surface area (Å²) in [4.78, 5) is 32.9. The van der Waals surface area contributed by atoms with Crippen molar-refractivity contribution in [2.45, 2.75) is 45.9 Å². The Labute approximate surface area is 269 Å². The Morgan fingerprint density at radius 2 is 1.96 bits per heavy atom. The average Bonchev–Trinajstić information content (AvgIpc) is 3.42. The zero-order valence-electron chi connectivity index (χ0n) is 25.8. The Balaban J connectivity index is 1.60. The molecule has 13 heteroatoms. The molecule has 0 spiro atoms. The van der Waals surface area contributed by atoms with Crippen LogP contribution in [-0.2, 0) is 16.1 Å². The minimum atomic E-state index is -1.44. The summed E-state index contributed by atoms with van der Waals surface area (Å²) in [5.74, 6) is -1.35. The summed E-state index contributed by atoms with van der Waals surface area (Å²) in [6.07, 6.45) is 2.30. The van der Waals surface area contributed by atoms with Crippen molar-refractivity contribution in [2.24, 2.45) is 0 Å².